The van der Waals surface area contributed by atoms with E-state index in [2.05, 4.69) is 23.5 Å². The van der Waals surface area contributed by atoms with Gasteiger partial charge in [0.05, 0.1) is 12.0 Å². The number of carbonyl (C=O) groups excluding carboxylic acids is 1. The second-order valence-corrected chi connectivity index (χ2v) is 10.9. The molecule has 1 aliphatic carbocycles. The van der Waals surface area contributed by atoms with Gasteiger partial charge in [0, 0.05) is 13.1 Å². The fourth-order valence-electron chi connectivity index (χ4n) is 4.19. The third-order valence-electron chi connectivity index (χ3n) is 5.83. The summed E-state index contributed by atoms with van der Waals surface area (Å²) in [6.07, 6.45) is 4.89. The predicted octanol–water partition coefficient (Wildman–Crippen LogP) is 3.51. The molecular formula is C21H26N2O3S2. The molecule has 28 heavy (non-hydrogen) atoms. The van der Waals surface area contributed by atoms with E-state index >= 15 is 0 Å². The van der Waals surface area contributed by atoms with Gasteiger partial charge in [-0.15, -0.1) is 11.3 Å². The van der Waals surface area contributed by atoms with Crippen molar-refractivity contribution in [3.63, 3.8) is 0 Å². The lowest BCUT2D eigenvalue weighted by Crippen LogP contribution is -2.45. The lowest BCUT2D eigenvalue weighted by atomic mass is 9.97. The Labute approximate surface area is 170 Å². The lowest BCUT2D eigenvalue weighted by Gasteiger charge is -2.31. The van der Waals surface area contributed by atoms with Gasteiger partial charge in [-0.2, -0.15) is 4.31 Å². The van der Waals surface area contributed by atoms with Gasteiger partial charge in [-0.3, -0.25) is 4.79 Å². The molecule has 1 fully saturated rings. The molecule has 2 aromatic rings. The van der Waals surface area contributed by atoms with Gasteiger partial charge < -0.3 is 5.32 Å². The quantitative estimate of drug-likeness (QED) is 0.808. The molecule has 1 aliphatic heterocycles. The fourth-order valence-corrected chi connectivity index (χ4v) is 6.86. The Kier molecular flexibility index (Phi) is 5.58. The van der Waals surface area contributed by atoms with Gasteiger partial charge in [0.2, 0.25) is 5.91 Å². The zero-order chi connectivity index (χ0) is 19.7. The van der Waals surface area contributed by atoms with Crippen molar-refractivity contribution >= 4 is 27.3 Å². The number of aryl methyl sites for hydroxylation is 2. The number of piperidine rings is 1. The molecule has 1 saturated heterocycles. The number of amides is 1. The van der Waals surface area contributed by atoms with Gasteiger partial charge in [-0.05, 0) is 67.2 Å². The van der Waals surface area contributed by atoms with Crippen LogP contribution in [0.25, 0.3) is 0 Å². The van der Waals surface area contributed by atoms with Crippen LogP contribution in [0.15, 0.2) is 39.9 Å². The molecule has 0 unspecified atom stereocenters. The summed E-state index contributed by atoms with van der Waals surface area (Å²) in [6.45, 7) is 2.73. The second kappa shape index (κ2) is 7.97. The Bertz CT molecular complexity index is 954. The summed E-state index contributed by atoms with van der Waals surface area (Å²) < 4.78 is 27.4. The topological polar surface area (TPSA) is 66.5 Å². The van der Waals surface area contributed by atoms with Crippen molar-refractivity contribution in [2.24, 2.45) is 5.92 Å². The molecule has 7 heteroatoms. The van der Waals surface area contributed by atoms with Gasteiger partial charge in [-0.25, -0.2) is 8.42 Å². The van der Waals surface area contributed by atoms with E-state index in [0.717, 1.165) is 24.8 Å². The molecule has 0 saturated carbocycles. The van der Waals surface area contributed by atoms with Gasteiger partial charge in [0.1, 0.15) is 4.21 Å². The zero-order valence-electron chi connectivity index (χ0n) is 16.1. The maximum atomic E-state index is 12.8. The Balaban J connectivity index is 1.42. The lowest BCUT2D eigenvalue weighted by molar-refractivity contribution is -0.126. The number of thiophene rings is 1. The highest BCUT2D eigenvalue weighted by Gasteiger charge is 2.34. The van der Waals surface area contributed by atoms with E-state index in [1.807, 2.05) is 6.92 Å². The molecule has 0 bridgehead atoms. The van der Waals surface area contributed by atoms with Gasteiger partial charge in [0.25, 0.3) is 10.0 Å². The average Bonchev–Trinajstić information content (AvgIpc) is 3.39. The predicted molar refractivity (Wildman–Crippen MR) is 111 cm³/mol. The first-order valence-corrected chi connectivity index (χ1v) is 12.2. The molecule has 150 valence electrons. The molecule has 5 nitrogen and oxygen atoms in total. The minimum Gasteiger partial charge on any atom is -0.349 e. The Hall–Kier alpha value is -1.70. The first-order chi connectivity index (χ1) is 13.4. The molecule has 2 aliphatic rings. The van der Waals surface area contributed by atoms with E-state index in [1.54, 1.807) is 17.5 Å². The number of rotatable bonds is 5. The van der Waals surface area contributed by atoms with E-state index in [1.165, 1.54) is 33.2 Å². The van der Waals surface area contributed by atoms with Crippen LogP contribution in [-0.4, -0.2) is 31.7 Å². The van der Waals surface area contributed by atoms with E-state index in [-0.39, 0.29) is 24.4 Å². The molecule has 1 amide bonds. The number of hydrogen-bond acceptors (Lipinski definition) is 4. The minimum atomic E-state index is -3.50. The van der Waals surface area contributed by atoms with E-state index < -0.39 is 10.0 Å². The summed E-state index contributed by atoms with van der Waals surface area (Å²) in [5, 5.41) is 4.87. The molecule has 4 rings (SSSR count). The van der Waals surface area contributed by atoms with Crippen molar-refractivity contribution in [2.45, 2.75) is 49.3 Å². The maximum Gasteiger partial charge on any atom is 0.252 e. The molecule has 1 N–H and O–H groups in total. The number of fused-ring (bicyclic) bond motifs is 1. The fraction of sp³-hybridized carbons (Fsp3) is 0.476. The molecule has 2 atom stereocenters. The molecule has 0 radical (unpaired) electrons. The monoisotopic (exact) mass is 418 g/mol. The normalized spacial score (nSPS) is 21.2. The second-order valence-electron chi connectivity index (χ2n) is 7.75. The Morgan fingerprint density at radius 1 is 1.21 bits per heavy atom. The van der Waals surface area contributed by atoms with Gasteiger partial charge in [0.15, 0.2) is 0 Å². The standard InChI is InChI=1S/C21H26N2O3S2/c1-15(17-10-9-16-5-2-6-18(16)13-17)22-21(24)19-7-3-11-23(14-19)28(25,26)20-8-4-12-27-20/h4,8-10,12-13,15,19H,2-3,5-7,11,14H2,1H3,(H,22,24)/t15-,19+/m1/s1. The van der Waals surface area contributed by atoms with Crippen LogP contribution in [-0.2, 0) is 27.7 Å². The van der Waals surface area contributed by atoms with Crippen LogP contribution in [0.4, 0.5) is 0 Å². The van der Waals surface area contributed by atoms with Gasteiger partial charge >= 0.3 is 0 Å². The maximum absolute atomic E-state index is 12.8. The molecule has 2 heterocycles. The van der Waals surface area contributed by atoms with Crippen molar-refractivity contribution in [3.05, 3.63) is 52.4 Å². The smallest absolute Gasteiger partial charge is 0.252 e. The summed E-state index contributed by atoms with van der Waals surface area (Å²) in [5.74, 6) is -0.362. The van der Waals surface area contributed by atoms with E-state index in [0.29, 0.717) is 17.2 Å². The van der Waals surface area contributed by atoms with Crippen molar-refractivity contribution in [1.82, 2.24) is 9.62 Å². The summed E-state index contributed by atoms with van der Waals surface area (Å²) >= 11 is 1.22. The largest absolute Gasteiger partial charge is 0.349 e. The van der Waals surface area contributed by atoms with Crippen LogP contribution in [0.5, 0.6) is 0 Å². The number of carbonyl (C=O) groups is 1. The van der Waals surface area contributed by atoms with Crippen molar-refractivity contribution in [1.29, 1.82) is 0 Å². The van der Waals surface area contributed by atoms with Crippen LogP contribution < -0.4 is 5.32 Å². The van der Waals surface area contributed by atoms with Crippen LogP contribution in [0.2, 0.25) is 0 Å². The summed E-state index contributed by atoms with van der Waals surface area (Å²) in [5.41, 5.74) is 3.93. The van der Waals surface area contributed by atoms with Crippen LogP contribution in [0.1, 0.15) is 48.9 Å². The number of sulfonamides is 1. The Morgan fingerprint density at radius 2 is 2.04 bits per heavy atom. The van der Waals surface area contributed by atoms with Crippen molar-refractivity contribution in [2.75, 3.05) is 13.1 Å². The van der Waals surface area contributed by atoms with Gasteiger partial charge in [-0.1, -0.05) is 24.3 Å². The molecule has 1 aromatic heterocycles. The molecule has 1 aromatic carbocycles. The third-order valence-corrected chi connectivity index (χ3v) is 9.06. The molecular weight excluding hydrogens is 392 g/mol. The van der Waals surface area contributed by atoms with Crippen LogP contribution in [0.3, 0.4) is 0 Å². The summed E-state index contributed by atoms with van der Waals surface area (Å²) in [4.78, 5) is 12.8. The first-order valence-electron chi connectivity index (χ1n) is 9.91. The van der Waals surface area contributed by atoms with E-state index in [4.69, 9.17) is 0 Å². The Morgan fingerprint density at radius 3 is 2.82 bits per heavy atom. The summed E-state index contributed by atoms with van der Waals surface area (Å²) in [7, 11) is -3.50. The van der Waals surface area contributed by atoms with Crippen molar-refractivity contribution in [3.8, 4) is 0 Å². The summed E-state index contributed by atoms with van der Waals surface area (Å²) in [6, 6.07) is 9.77. The number of nitrogens with one attached hydrogen (secondary N) is 1. The average molecular weight is 419 g/mol. The first kappa shape index (κ1) is 19.6. The number of nitrogens with zero attached hydrogens (tertiary/aromatic N) is 1. The number of hydrogen-bond donors (Lipinski definition) is 1. The van der Waals surface area contributed by atoms with Crippen LogP contribution in [0, 0.1) is 5.92 Å². The van der Waals surface area contributed by atoms with Crippen LogP contribution >= 0.6 is 11.3 Å². The third kappa shape index (κ3) is 3.88. The highest BCUT2D eigenvalue weighted by Crippen LogP contribution is 2.28. The van der Waals surface area contributed by atoms with E-state index in [9.17, 15) is 13.2 Å². The zero-order valence-corrected chi connectivity index (χ0v) is 17.7. The van der Waals surface area contributed by atoms with Crippen molar-refractivity contribution < 1.29 is 13.2 Å². The highest BCUT2D eigenvalue weighted by atomic mass is 32.2. The minimum absolute atomic E-state index is 0.0564. The number of benzene rings is 1. The molecule has 0 spiro atoms. The SMILES string of the molecule is C[C@@H](NC(=O)[C@H]1CCCN(S(=O)(=O)c2cccs2)C1)c1ccc2c(c1)CCC2. The highest BCUT2D eigenvalue weighted by molar-refractivity contribution is 7.91.